The van der Waals surface area contributed by atoms with Crippen molar-refractivity contribution in [3.63, 3.8) is 0 Å². The quantitative estimate of drug-likeness (QED) is 0.551. The van der Waals surface area contributed by atoms with Crippen LogP contribution in [0.3, 0.4) is 0 Å². The van der Waals surface area contributed by atoms with Gasteiger partial charge in [0.1, 0.15) is 5.75 Å². The lowest BCUT2D eigenvalue weighted by molar-refractivity contribution is 0.0657. The maximum atomic E-state index is 12.5. The van der Waals surface area contributed by atoms with Crippen molar-refractivity contribution < 1.29 is 13.9 Å². The number of methoxy groups -OCH3 is 1. The fraction of sp³-hybridized carbons (Fsp3) is 0.500. The van der Waals surface area contributed by atoms with Crippen LogP contribution in [0.15, 0.2) is 52.1 Å². The van der Waals surface area contributed by atoms with Crippen LogP contribution in [0.4, 0.5) is 0 Å². The summed E-state index contributed by atoms with van der Waals surface area (Å²) in [6.45, 7) is 5.79. The van der Waals surface area contributed by atoms with Gasteiger partial charge in [0.25, 0.3) is 5.91 Å². The molecule has 1 unspecified atom stereocenters. The third kappa shape index (κ3) is 5.07. The van der Waals surface area contributed by atoms with Crippen LogP contribution in [0.1, 0.15) is 35.0 Å². The van der Waals surface area contributed by atoms with Gasteiger partial charge < -0.3 is 24.3 Å². The number of carbonyl (C=O) groups excluding carboxylic acids is 1. The highest BCUT2D eigenvalue weighted by Crippen LogP contribution is 2.26. The number of ether oxygens (including phenoxy) is 1. The zero-order valence-corrected chi connectivity index (χ0v) is 19.0. The Morgan fingerprint density at radius 3 is 2.34 bits per heavy atom. The van der Waals surface area contributed by atoms with Crippen molar-refractivity contribution in [2.45, 2.75) is 18.9 Å². The molecule has 172 valence electrons. The molecule has 32 heavy (non-hydrogen) atoms. The van der Waals surface area contributed by atoms with Gasteiger partial charge in [-0.05, 0) is 55.8 Å². The second-order valence-electron chi connectivity index (χ2n) is 8.22. The molecule has 2 aliphatic rings. The first-order valence-electron chi connectivity index (χ1n) is 11.4. The molecule has 1 aromatic heterocycles. The largest absolute Gasteiger partial charge is 0.497 e. The molecule has 2 fully saturated rings. The predicted octanol–water partition coefficient (Wildman–Crippen LogP) is 2.46. The summed E-state index contributed by atoms with van der Waals surface area (Å²) in [4.78, 5) is 23.7. The zero-order chi connectivity index (χ0) is 22.3. The average Bonchev–Trinajstić information content (AvgIpc) is 3.57. The van der Waals surface area contributed by atoms with E-state index < -0.39 is 0 Å². The van der Waals surface area contributed by atoms with Gasteiger partial charge in [-0.25, -0.2) is 0 Å². The third-order valence-corrected chi connectivity index (χ3v) is 6.35. The number of hydrogen-bond acceptors (Lipinski definition) is 5. The number of hydrogen-bond donors (Lipinski definition) is 1. The number of likely N-dealkylation sites (tertiary alicyclic amines) is 1. The van der Waals surface area contributed by atoms with Gasteiger partial charge in [0.05, 0.1) is 19.4 Å². The second kappa shape index (κ2) is 10.5. The van der Waals surface area contributed by atoms with Gasteiger partial charge in [-0.3, -0.25) is 14.7 Å². The topological polar surface area (TPSA) is 73.6 Å². The SMILES string of the molecule is CN=C(NCC(c1ccc(OC)cc1)N1CCCC1)N1CCN(C(=O)c2ccco2)CC1. The average molecular weight is 440 g/mol. The zero-order valence-electron chi connectivity index (χ0n) is 19.0. The smallest absolute Gasteiger partial charge is 0.289 e. The van der Waals surface area contributed by atoms with Crippen LogP contribution in [-0.2, 0) is 0 Å². The van der Waals surface area contributed by atoms with Gasteiger partial charge in [0.15, 0.2) is 11.7 Å². The summed E-state index contributed by atoms with van der Waals surface area (Å²) in [7, 11) is 3.52. The standard InChI is InChI=1S/C24H33N5O3/c1-25-24(29-15-13-28(14-16-29)23(30)22-6-5-17-32-22)26-18-21(27-11-3-4-12-27)19-7-9-20(31-2)10-8-19/h5-10,17,21H,3-4,11-16,18H2,1-2H3,(H,25,26). The Morgan fingerprint density at radius 2 is 1.75 bits per heavy atom. The molecule has 8 nitrogen and oxygen atoms in total. The Morgan fingerprint density at radius 1 is 1.06 bits per heavy atom. The van der Waals surface area contributed by atoms with Crippen molar-refractivity contribution in [2.24, 2.45) is 4.99 Å². The fourth-order valence-corrected chi connectivity index (χ4v) is 4.53. The number of rotatable bonds is 6. The summed E-state index contributed by atoms with van der Waals surface area (Å²) >= 11 is 0. The number of amides is 1. The summed E-state index contributed by atoms with van der Waals surface area (Å²) in [5.74, 6) is 2.10. The van der Waals surface area contributed by atoms with E-state index in [1.165, 1.54) is 24.7 Å². The van der Waals surface area contributed by atoms with Gasteiger partial charge >= 0.3 is 0 Å². The van der Waals surface area contributed by atoms with E-state index in [9.17, 15) is 4.79 Å². The van der Waals surface area contributed by atoms with Crippen molar-refractivity contribution in [3.8, 4) is 5.75 Å². The molecule has 2 aromatic rings. The van der Waals surface area contributed by atoms with E-state index in [2.05, 4.69) is 32.2 Å². The number of carbonyl (C=O) groups is 1. The van der Waals surface area contributed by atoms with Crippen LogP contribution < -0.4 is 10.1 Å². The van der Waals surface area contributed by atoms with E-state index in [1.54, 1.807) is 19.2 Å². The number of furan rings is 1. The van der Waals surface area contributed by atoms with Gasteiger partial charge in [-0.2, -0.15) is 0 Å². The molecule has 0 bridgehead atoms. The molecule has 1 atom stereocenters. The molecular formula is C24H33N5O3. The van der Waals surface area contributed by atoms with Gasteiger partial charge in [0.2, 0.25) is 0 Å². The predicted molar refractivity (Wildman–Crippen MR) is 124 cm³/mol. The van der Waals surface area contributed by atoms with Gasteiger partial charge in [0, 0.05) is 39.8 Å². The van der Waals surface area contributed by atoms with Crippen LogP contribution in [0.25, 0.3) is 0 Å². The lowest BCUT2D eigenvalue weighted by Crippen LogP contribution is -2.54. The summed E-state index contributed by atoms with van der Waals surface area (Å²) in [5, 5.41) is 3.60. The summed E-state index contributed by atoms with van der Waals surface area (Å²) in [5.41, 5.74) is 1.28. The van der Waals surface area contributed by atoms with E-state index in [4.69, 9.17) is 9.15 Å². The van der Waals surface area contributed by atoms with Gasteiger partial charge in [-0.1, -0.05) is 12.1 Å². The minimum absolute atomic E-state index is 0.0498. The van der Waals surface area contributed by atoms with Crippen molar-refractivity contribution in [1.82, 2.24) is 20.0 Å². The molecule has 1 amide bonds. The number of piperazine rings is 1. The van der Waals surface area contributed by atoms with Gasteiger partial charge in [-0.15, -0.1) is 0 Å². The molecule has 0 spiro atoms. The number of guanidine groups is 1. The highest BCUT2D eigenvalue weighted by atomic mass is 16.5. The van der Waals surface area contributed by atoms with Crippen molar-refractivity contribution in [1.29, 1.82) is 0 Å². The minimum atomic E-state index is -0.0498. The van der Waals surface area contributed by atoms with Crippen molar-refractivity contribution >= 4 is 11.9 Å². The molecule has 1 N–H and O–H groups in total. The van der Waals surface area contributed by atoms with E-state index in [0.717, 1.165) is 44.4 Å². The van der Waals surface area contributed by atoms with E-state index >= 15 is 0 Å². The summed E-state index contributed by atoms with van der Waals surface area (Å²) in [6, 6.07) is 12.1. The van der Waals surface area contributed by atoms with Crippen LogP contribution >= 0.6 is 0 Å². The van der Waals surface area contributed by atoms with Crippen molar-refractivity contribution in [3.05, 3.63) is 54.0 Å². The number of benzene rings is 1. The lowest BCUT2D eigenvalue weighted by atomic mass is 10.1. The molecule has 0 aliphatic carbocycles. The van der Waals surface area contributed by atoms with Crippen LogP contribution in [0, 0.1) is 0 Å². The highest BCUT2D eigenvalue weighted by molar-refractivity contribution is 5.91. The molecular weight excluding hydrogens is 406 g/mol. The normalized spacial score (nSPS) is 18.6. The first kappa shape index (κ1) is 22.2. The Bertz CT molecular complexity index is 883. The molecule has 3 heterocycles. The third-order valence-electron chi connectivity index (χ3n) is 6.35. The lowest BCUT2D eigenvalue weighted by Gasteiger charge is -2.37. The fourth-order valence-electron chi connectivity index (χ4n) is 4.53. The monoisotopic (exact) mass is 439 g/mol. The van der Waals surface area contributed by atoms with E-state index in [1.807, 2.05) is 24.1 Å². The summed E-state index contributed by atoms with van der Waals surface area (Å²) in [6.07, 6.45) is 4.02. The Labute approximate surface area is 189 Å². The molecule has 4 rings (SSSR count). The Hall–Kier alpha value is -3.00. The minimum Gasteiger partial charge on any atom is -0.497 e. The molecule has 2 aliphatic heterocycles. The molecule has 2 saturated heterocycles. The van der Waals surface area contributed by atoms with E-state index in [-0.39, 0.29) is 11.9 Å². The maximum absolute atomic E-state index is 12.5. The first-order valence-corrected chi connectivity index (χ1v) is 11.4. The van der Waals surface area contributed by atoms with Crippen molar-refractivity contribution in [2.75, 3.05) is 60.0 Å². The van der Waals surface area contributed by atoms with E-state index in [0.29, 0.717) is 18.8 Å². The van der Waals surface area contributed by atoms with Crippen LogP contribution in [-0.4, -0.2) is 86.5 Å². The molecule has 0 saturated carbocycles. The molecule has 8 heteroatoms. The maximum Gasteiger partial charge on any atom is 0.289 e. The number of aliphatic imine (C=N–C) groups is 1. The number of nitrogens with one attached hydrogen (secondary N) is 1. The highest BCUT2D eigenvalue weighted by Gasteiger charge is 2.27. The molecule has 0 radical (unpaired) electrons. The van der Waals surface area contributed by atoms with Crippen LogP contribution in [0.5, 0.6) is 5.75 Å². The second-order valence-corrected chi connectivity index (χ2v) is 8.22. The first-order chi connectivity index (χ1) is 15.7. The van der Waals surface area contributed by atoms with Crippen LogP contribution in [0.2, 0.25) is 0 Å². The summed E-state index contributed by atoms with van der Waals surface area (Å²) < 4.78 is 10.6. The number of nitrogens with zero attached hydrogens (tertiary/aromatic N) is 4. The Balaban J connectivity index is 1.36. The molecule has 1 aromatic carbocycles. The Kier molecular flexibility index (Phi) is 7.32.